The average molecular weight is 258 g/mol. The Hall–Kier alpha value is -1.00. The van der Waals surface area contributed by atoms with Gasteiger partial charge < -0.3 is 9.84 Å². The van der Waals surface area contributed by atoms with E-state index < -0.39 is 17.7 Å². The molecule has 0 aromatic heterocycles. The van der Waals surface area contributed by atoms with Gasteiger partial charge in [0.25, 0.3) is 0 Å². The van der Waals surface area contributed by atoms with Crippen molar-refractivity contribution in [1.82, 2.24) is 0 Å². The zero-order valence-corrected chi connectivity index (χ0v) is 11.0. The minimum Gasteiger partial charge on any atom is -0.393 e. The fourth-order valence-corrected chi connectivity index (χ4v) is 1.66. The van der Waals surface area contributed by atoms with Crippen LogP contribution in [0.4, 0.5) is 8.78 Å². The molecule has 0 fully saturated rings. The van der Waals surface area contributed by atoms with Gasteiger partial charge in [0.15, 0.2) is 0 Å². The quantitative estimate of drug-likeness (QED) is 0.849. The molecule has 0 saturated heterocycles. The number of halogens is 2. The molecule has 0 amide bonds. The molecule has 0 aliphatic carbocycles. The van der Waals surface area contributed by atoms with Crippen LogP contribution in [0, 0.1) is 11.6 Å². The zero-order chi connectivity index (χ0) is 13.8. The molecule has 1 atom stereocenters. The van der Waals surface area contributed by atoms with Crippen molar-refractivity contribution in [3.63, 3.8) is 0 Å². The van der Waals surface area contributed by atoms with E-state index in [0.29, 0.717) is 18.4 Å². The zero-order valence-electron chi connectivity index (χ0n) is 11.0. The van der Waals surface area contributed by atoms with Crippen LogP contribution in [0.15, 0.2) is 18.2 Å². The summed E-state index contributed by atoms with van der Waals surface area (Å²) in [6, 6.07) is 3.40. The Labute approximate surface area is 107 Å². The highest BCUT2D eigenvalue weighted by atomic mass is 19.1. The standard InChI is InChI=1S/C14H20F2O2/c1-14(2,18-3)7-6-12(17)8-10-4-5-11(15)9-13(10)16/h4-5,9,12,17H,6-8H2,1-3H3. The number of aliphatic hydroxyl groups is 1. The predicted octanol–water partition coefficient (Wildman–Crippen LogP) is 3.07. The average Bonchev–Trinajstić information content (AvgIpc) is 2.30. The minimum atomic E-state index is -0.653. The fourth-order valence-electron chi connectivity index (χ4n) is 1.66. The van der Waals surface area contributed by atoms with Crippen molar-refractivity contribution in [2.75, 3.05) is 7.11 Å². The van der Waals surface area contributed by atoms with E-state index in [0.717, 1.165) is 6.07 Å². The maximum Gasteiger partial charge on any atom is 0.129 e. The van der Waals surface area contributed by atoms with Gasteiger partial charge in [0, 0.05) is 19.6 Å². The van der Waals surface area contributed by atoms with Gasteiger partial charge in [-0.25, -0.2) is 8.78 Å². The monoisotopic (exact) mass is 258 g/mol. The van der Waals surface area contributed by atoms with Crippen molar-refractivity contribution in [2.45, 2.75) is 44.8 Å². The van der Waals surface area contributed by atoms with Gasteiger partial charge in [-0.2, -0.15) is 0 Å². The molecule has 0 saturated carbocycles. The summed E-state index contributed by atoms with van der Waals surface area (Å²) in [5.41, 5.74) is 0.0293. The first kappa shape index (κ1) is 15.1. The minimum absolute atomic E-state index is 0.186. The molecule has 1 unspecified atom stereocenters. The molecule has 1 N–H and O–H groups in total. The van der Waals surface area contributed by atoms with Crippen LogP contribution in [0.1, 0.15) is 32.3 Å². The SMILES string of the molecule is COC(C)(C)CCC(O)Cc1ccc(F)cc1F. The lowest BCUT2D eigenvalue weighted by Crippen LogP contribution is -2.25. The second-order valence-electron chi connectivity index (χ2n) is 5.10. The van der Waals surface area contributed by atoms with Gasteiger partial charge in [0.2, 0.25) is 0 Å². The Morgan fingerprint density at radius 1 is 1.33 bits per heavy atom. The summed E-state index contributed by atoms with van der Waals surface area (Å²) in [6.45, 7) is 3.86. The molecule has 1 rings (SSSR count). The number of benzene rings is 1. The summed E-state index contributed by atoms with van der Waals surface area (Å²) in [4.78, 5) is 0. The predicted molar refractivity (Wildman–Crippen MR) is 66.4 cm³/mol. The molecule has 0 aliphatic rings. The Morgan fingerprint density at radius 2 is 2.00 bits per heavy atom. The van der Waals surface area contributed by atoms with Gasteiger partial charge >= 0.3 is 0 Å². The van der Waals surface area contributed by atoms with Crippen LogP contribution in [0.5, 0.6) is 0 Å². The number of rotatable bonds is 6. The van der Waals surface area contributed by atoms with Gasteiger partial charge in [-0.15, -0.1) is 0 Å². The molecule has 0 spiro atoms. The molecule has 0 radical (unpaired) electrons. The fraction of sp³-hybridized carbons (Fsp3) is 0.571. The van der Waals surface area contributed by atoms with E-state index in [1.807, 2.05) is 13.8 Å². The normalized spacial score (nSPS) is 13.7. The highest BCUT2D eigenvalue weighted by Gasteiger charge is 2.19. The molecule has 1 aromatic carbocycles. The molecule has 2 nitrogen and oxygen atoms in total. The Kier molecular flexibility index (Phi) is 5.23. The largest absolute Gasteiger partial charge is 0.393 e. The van der Waals surface area contributed by atoms with Crippen LogP contribution in [0.25, 0.3) is 0 Å². The summed E-state index contributed by atoms with van der Waals surface area (Å²) in [5.74, 6) is -1.22. The van der Waals surface area contributed by atoms with Crippen molar-refractivity contribution in [2.24, 2.45) is 0 Å². The second kappa shape index (κ2) is 6.25. The van der Waals surface area contributed by atoms with Gasteiger partial charge in [-0.1, -0.05) is 6.07 Å². The summed E-state index contributed by atoms with van der Waals surface area (Å²) < 4.78 is 31.3. The lowest BCUT2D eigenvalue weighted by atomic mass is 9.96. The van der Waals surface area contributed by atoms with Crippen LogP contribution in [0.2, 0.25) is 0 Å². The maximum absolute atomic E-state index is 13.4. The molecule has 18 heavy (non-hydrogen) atoms. The van der Waals surface area contributed by atoms with Crippen molar-refractivity contribution in [3.8, 4) is 0 Å². The summed E-state index contributed by atoms with van der Waals surface area (Å²) >= 11 is 0. The van der Waals surface area contributed by atoms with E-state index >= 15 is 0 Å². The van der Waals surface area contributed by atoms with Crippen molar-refractivity contribution >= 4 is 0 Å². The summed E-state index contributed by atoms with van der Waals surface area (Å²) in [6.07, 6.45) is 0.719. The molecule has 1 aromatic rings. The third-order valence-electron chi connectivity index (χ3n) is 3.10. The number of hydrogen-bond donors (Lipinski definition) is 1. The molecule has 0 heterocycles. The lowest BCUT2D eigenvalue weighted by molar-refractivity contribution is 0.00301. The highest BCUT2D eigenvalue weighted by molar-refractivity contribution is 5.19. The topological polar surface area (TPSA) is 29.5 Å². The first-order valence-corrected chi connectivity index (χ1v) is 6.01. The highest BCUT2D eigenvalue weighted by Crippen LogP contribution is 2.19. The molecule has 4 heteroatoms. The Balaban J connectivity index is 2.52. The molecular formula is C14H20F2O2. The van der Waals surface area contributed by atoms with Gasteiger partial charge in [0.05, 0.1) is 11.7 Å². The van der Waals surface area contributed by atoms with Crippen molar-refractivity contribution in [3.05, 3.63) is 35.4 Å². The van der Waals surface area contributed by atoms with Crippen LogP contribution in [-0.4, -0.2) is 23.9 Å². The number of aliphatic hydroxyl groups excluding tert-OH is 1. The molecular weight excluding hydrogens is 238 g/mol. The first-order valence-electron chi connectivity index (χ1n) is 6.01. The van der Waals surface area contributed by atoms with Crippen LogP contribution >= 0.6 is 0 Å². The Morgan fingerprint density at radius 3 is 2.56 bits per heavy atom. The molecule has 102 valence electrons. The Bertz CT molecular complexity index is 391. The number of hydrogen-bond acceptors (Lipinski definition) is 2. The first-order chi connectivity index (χ1) is 8.34. The third kappa shape index (κ3) is 4.70. The number of methoxy groups -OCH3 is 1. The third-order valence-corrected chi connectivity index (χ3v) is 3.10. The van der Waals surface area contributed by atoms with Gasteiger partial charge in [-0.05, 0) is 38.3 Å². The van der Waals surface area contributed by atoms with E-state index in [2.05, 4.69) is 0 Å². The smallest absolute Gasteiger partial charge is 0.129 e. The van der Waals surface area contributed by atoms with Gasteiger partial charge in [0.1, 0.15) is 11.6 Å². The summed E-state index contributed by atoms with van der Waals surface area (Å²) in [5, 5.41) is 9.84. The number of ether oxygens (including phenoxy) is 1. The van der Waals surface area contributed by atoms with E-state index in [1.54, 1.807) is 7.11 Å². The molecule has 0 bridgehead atoms. The van der Waals surface area contributed by atoms with E-state index in [9.17, 15) is 13.9 Å². The van der Waals surface area contributed by atoms with E-state index in [-0.39, 0.29) is 12.0 Å². The summed E-state index contributed by atoms with van der Waals surface area (Å²) in [7, 11) is 1.62. The van der Waals surface area contributed by atoms with Crippen LogP contribution in [0.3, 0.4) is 0 Å². The van der Waals surface area contributed by atoms with Gasteiger partial charge in [-0.3, -0.25) is 0 Å². The second-order valence-corrected chi connectivity index (χ2v) is 5.10. The molecule has 0 aliphatic heterocycles. The van der Waals surface area contributed by atoms with Crippen LogP contribution in [-0.2, 0) is 11.2 Å². The van der Waals surface area contributed by atoms with E-state index in [4.69, 9.17) is 4.74 Å². The maximum atomic E-state index is 13.4. The van der Waals surface area contributed by atoms with Crippen molar-refractivity contribution in [1.29, 1.82) is 0 Å². The van der Waals surface area contributed by atoms with Crippen molar-refractivity contribution < 1.29 is 18.6 Å². The van der Waals surface area contributed by atoms with E-state index in [1.165, 1.54) is 12.1 Å². The lowest BCUT2D eigenvalue weighted by Gasteiger charge is -2.24. The van der Waals surface area contributed by atoms with Crippen LogP contribution < -0.4 is 0 Å².